The molecular weight excluding hydrogens is 262 g/mol. The van der Waals surface area contributed by atoms with Crippen LogP contribution in [0.4, 0.5) is 14.7 Å². The first-order valence-electron chi connectivity index (χ1n) is 5.87. The van der Waals surface area contributed by atoms with E-state index in [-0.39, 0.29) is 5.95 Å². The molecule has 0 saturated heterocycles. The van der Waals surface area contributed by atoms with E-state index in [2.05, 4.69) is 15.0 Å². The molecule has 3 aromatic rings. The molecule has 2 heterocycles. The van der Waals surface area contributed by atoms with Gasteiger partial charge in [-0.2, -0.15) is 0 Å². The number of benzene rings is 1. The van der Waals surface area contributed by atoms with Crippen LogP contribution in [-0.4, -0.2) is 15.0 Å². The van der Waals surface area contributed by atoms with Crippen molar-refractivity contribution >= 4 is 5.95 Å². The number of hydrogen-bond acceptors (Lipinski definition) is 3. The van der Waals surface area contributed by atoms with Gasteiger partial charge < -0.3 is 10.7 Å². The molecule has 0 radical (unpaired) electrons. The van der Waals surface area contributed by atoms with Gasteiger partial charge in [0.2, 0.25) is 5.95 Å². The van der Waals surface area contributed by atoms with E-state index in [1.165, 1.54) is 18.3 Å². The fourth-order valence-corrected chi connectivity index (χ4v) is 1.93. The van der Waals surface area contributed by atoms with Gasteiger partial charge in [-0.05, 0) is 30.3 Å². The molecule has 3 rings (SSSR count). The summed E-state index contributed by atoms with van der Waals surface area (Å²) < 4.78 is 26.6. The third kappa shape index (κ3) is 2.23. The number of hydrogen-bond donors (Lipinski definition) is 2. The van der Waals surface area contributed by atoms with Gasteiger partial charge in [0.05, 0.1) is 11.4 Å². The summed E-state index contributed by atoms with van der Waals surface area (Å²) in [5.74, 6) is -1.08. The maximum Gasteiger partial charge on any atom is 0.220 e. The van der Waals surface area contributed by atoms with Crippen molar-refractivity contribution in [2.45, 2.75) is 0 Å². The molecule has 0 aliphatic carbocycles. The zero-order valence-corrected chi connectivity index (χ0v) is 10.3. The summed E-state index contributed by atoms with van der Waals surface area (Å²) in [6, 6.07) is 8.57. The van der Waals surface area contributed by atoms with Crippen molar-refractivity contribution in [1.82, 2.24) is 15.0 Å². The third-order valence-electron chi connectivity index (χ3n) is 2.86. The number of aromatic amines is 1. The van der Waals surface area contributed by atoms with Crippen molar-refractivity contribution in [3.8, 4) is 22.6 Å². The lowest BCUT2D eigenvalue weighted by molar-refractivity contribution is 0.585. The molecule has 6 heteroatoms. The summed E-state index contributed by atoms with van der Waals surface area (Å²) in [4.78, 5) is 10.9. The second-order valence-electron chi connectivity index (χ2n) is 4.21. The van der Waals surface area contributed by atoms with Gasteiger partial charge in [0.1, 0.15) is 11.6 Å². The molecule has 1 aromatic carbocycles. The first kappa shape index (κ1) is 12.3. The summed E-state index contributed by atoms with van der Waals surface area (Å²) in [5.41, 5.74) is 7.63. The van der Waals surface area contributed by atoms with E-state index in [1.807, 2.05) is 0 Å². The summed E-state index contributed by atoms with van der Waals surface area (Å²) in [6.07, 6.45) is 1.54. The topological polar surface area (TPSA) is 67.6 Å². The Bertz CT molecular complexity index is 767. The maximum atomic E-state index is 13.7. The van der Waals surface area contributed by atoms with Gasteiger partial charge in [-0.3, -0.25) is 0 Å². The molecule has 0 aliphatic rings. The molecule has 0 amide bonds. The van der Waals surface area contributed by atoms with E-state index in [9.17, 15) is 8.78 Å². The summed E-state index contributed by atoms with van der Waals surface area (Å²) >= 11 is 0. The van der Waals surface area contributed by atoms with Gasteiger partial charge >= 0.3 is 0 Å². The van der Waals surface area contributed by atoms with Crippen molar-refractivity contribution in [1.29, 1.82) is 0 Å². The number of nitrogens with one attached hydrogen (secondary N) is 1. The average Bonchev–Trinajstić information content (AvgIpc) is 2.88. The fourth-order valence-electron chi connectivity index (χ4n) is 1.93. The van der Waals surface area contributed by atoms with Crippen molar-refractivity contribution in [3.05, 3.63) is 54.2 Å². The van der Waals surface area contributed by atoms with Crippen LogP contribution < -0.4 is 5.73 Å². The lowest BCUT2D eigenvalue weighted by Crippen LogP contribution is -1.95. The molecule has 2 aromatic heterocycles. The van der Waals surface area contributed by atoms with Crippen LogP contribution in [0.25, 0.3) is 22.6 Å². The molecule has 0 bridgehead atoms. The largest absolute Gasteiger partial charge is 0.368 e. The second kappa shape index (κ2) is 4.73. The smallest absolute Gasteiger partial charge is 0.220 e. The van der Waals surface area contributed by atoms with Gasteiger partial charge in [-0.15, -0.1) is 0 Å². The Labute approximate surface area is 113 Å². The van der Waals surface area contributed by atoms with Crippen LogP contribution in [0.5, 0.6) is 0 Å². The molecule has 4 nitrogen and oxygen atoms in total. The standard InChI is InChI=1S/C14H10F2N4/c15-8-1-2-9(10(16)7-8)11-3-4-12(19-11)13-5-6-18-14(17)20-13/h1-7,19H,(H2,17,18,20). The Balaban J connectivity index is 2.02. The van der Waals surface area contributed by atoms with Crippen LogP contribution in [0.3, 0.4) is 0 Å². The highest BCUT2D eigenvalue weighted by atomic mass is 19.1. The van der Waals surface area contributed by atoms with Crippen LogP contribution in [-0.2, 0) is 0 Å². The minimum atomic E-state index is -0.624. The molecular formula is C14H10F2N4. The highest BCUT2D eigenvalue weighted by Crippen LogP contribution is 2.26. The molecule has 0 unspecified atom stereocenters. The average molecular weight is 272 g/mol. The van der Waals surface area contributed by atoms with E-state index < -0.39 is 11.6 Å². The highest BCUT2D eigenvalue weighted by Gasteiger charge is 2.10. The van der Waals surface area contributed by atoms with Crippen molar-refractivity contribution in [2.24, 2.45) is 0 Å². The van der Waals surface area contributed by atoms with E-state index in [0.717, 1.165) is 6.07 Å². The molecule has 20 heavy (non-hydrogen) atoms. The third-order valence-corrected chi connectivity index (χ3v) is 2.86. The van der Waals surface area contributed by atoms with Crippen LogP contribution in [0.1, 0.15) is 0 Å². The molecule has 0 atom stereocenters. The first-order chi connectivity index (χ1) is 9.63. The summed E-state index contributed by atoms with van der Waals surface area (Å²) in [6.45, 7) is 0. The van der Waals surface area contributed by atoms with Crippen LogP contribution in [0, 0.1) is 11.6 Å². The Morgan fingerprint density at radius 1 is 1.00 bits per heavy atom. The summed E-state index contributed by atoms with van der Waals surface area (Å²) in [7, 11) is 0. The lowest BCUT2D eigenvalue weighted by atomic mass is 10.1. The number of nitrogens with zero attached hydrogens (tertiary/aromatic N) is 2. The van der Waals surface area contributed by atoms with Crippen LogP contribution in [0.2, 0.25) is 0 Å². The molecule has 0 saturated carbocycles. The quantitative estimate of drug-likeness (QED) is 0.753. The number of aromatic nitrogens is 3. The normalized spacial score (nSPS) is 10.7. The van der Waals surface area contributed by atoms with Crippen molar-refractivity contribution < 1.29 is 8.78 Å². The number of H-pyrrole nitrogens is 1. The van der Waals surface area contributed by atoms with E-state index in [1.54, 1.807) is 18.2 Å². The number of anilines is 1. The number of halogens is 2. The molecule has 3 N–H and O–H groups in total. The minimum Gasteiger partial charge on any atom is -0.368 e. The SMILES string of the molecule is Nc1nccc(-c2ccc(-c3ccc(F)cc3F)[nH]2)n1. The van der Waals surface area contributed by atoms with Crippen LogP contribution >= 0.6 is 0 Å². The molecule has 100 valence electrons. The second-order valence-corrected chi connectivity index (χ2v) is 4.21. The lowest BCUT2D eigenvalue weighted by Gasteiger charge is -2.01. The molecule has 0 fully saturated rings. The van der Waals surface area contributed by atoms with Gasteiger partial charge in [0.25, 0.3) is 0 Å². The highest BCUT2D eigenvalue weighted by molar-refractivity contribution is 5.67. The first-order valence-corrected chi connectivity index (χ1v) is 5.87. The van der Waals surface area contributed by atoms with E-state index in [4.69, 9.17) is 5.73 Å². The van der Waals surface area contributed by atoms with E-state index in [0.29, 0.717) is 22.6 Å². The Morgan fingerprint density at radius 3 is 2.55 bits per heavy atom. The molecule has 0 spiro atoms. The monoisotopic (exact) mass is 272 g/mol. The predicted molar refractivity (Wildman–Crippen MR) is 71.6 cm³/mol. The number of nitrogens with two attached hydrogens (primary N) is 1. The van der Waals surface area contributed by atoms with Gasteiger partial charge in [-0.25, -0.2) is 18.7 Å². The van der Waals surface area contributed by atoms with Gasteiger partial charge in [0, 0.05) is 23.5 Å². The maximum absolute atomic E-state index is 13.7. The summed E-state index contributed by atoms with van der Waals surface area (Å²) in [5, 5.41) is 0. The Hall–Kier alpha value is -2.76. The number of rotatable bonds is 2. The van der Waals surface area contributed by atoms with E-state index >= 15 is 0 Å². The Morgan fingerprint density at radius 2 is 1.80 bits per heavy atom. The fraction of sp³-hybridized carbons (Fsp3) is 0. The van der Waals surface area contributed by atoms with Gasteiger partial charge in [0.15, 0.2) is 0 Å². The number of nitrogen functional groups attached to an aromatic ring is 1. The van der Waals surface area contributed by atoms with Crippen molar-refractivity contribution in [3.63, 3.8) is 0 Å². The van der Waals surface area contributed by atoms with Crippen molar-refractivity contribution in [2.75, 3.05) is 5.73 Å². The zero-order chi connectivity index (χ0) is 14.1. The predicted octanol–water partition coefficient (Wildman–Crippen LogP) is 3.00. The van der Waals surface area contributed by atoms with Crippen LogP contribution in [0.15, 0.2) is 42.6 Å². The zero-order valence-electron chi connectivity index (χ0n) is 10.3. The van der Waals surface area contributed by atoms with Gasteiger partial charge in [-0.1, -0.05) is 0 Å². The Kier molecular flexibility index (Phi) is 2.90. The minimum absolute atomic E-state index is 0.159. The molecule has 0 aliphatic heterocycles.